The maximum Gasteiger partial charge on any atom is 0.358 e. The van der Waals surface area contributed by atoms with Crippen LogP contribution in [0.5, 0.6) is 0 Å². The minimum Gasteiger partial charge on any atom is -0.448 e. The summed E-state index contributed by atoms with van der Waals surface area (Å²) in [7, 11) is 0. The normalized spacial score (nSPS) is 12.2. The van der Waals surface area contributed by atoms with Crippen LogP contribution >= 0.6 is 11.3 Å². The minimum absolute atomic E-state index is 0.185. The summed E-state index contributed by atoms with van der Waals surface area (Å²) in [5, 5.41) is 5.39. The number of thiazole rings is 1. The van der Waals surface area contributed by atoms with Crippen molar-refractivity contribution >= 4 is 28.3 Å². The topological polar surface area (TPSA) is 94.3 Å². The summed E-state index contributed by atoms with van der Waals surface area (Å²) in [5.74, 6) is -0.716. The zero-order valence-corrected chi connectivity index (χ0v) is 12.1. The third-order valence-corrected chi connectivity index (χ3v) is 3.20. The molecular weight excluding hydrogens is 266 g/mol. The van der Waals surface area contributed by atoms with E-state index in [1.165, 1.54) is 18.3 Å². The lowest BCUT2D eigenvalue weighted by Crippen LogP contribution is -2.30. The van der Waals surface area contributed by atoms with Crippen LogP contribution in [0.15, 0.2) is 5.38 Å². The van der Waals surface area contributed by atoms with Crippen molar-refractivity contribution in [3.8, 4) is 0 Å². The van der Waals surface area contributed by atoms with Crippen LogP contribution in [0.1, 0.15) is 37.7 Å². The Balaban J connectivity index is 2.49. The van der Waals surface area contributed by atoms with Crippen molar-refractivity contribution in [3.05, 3.63) is 11.1 Å². The third kappa shape index (κ3) is 5.25. The Morgan fingerprint density at radius 3 is 2.74 bits per heavy atom. The molecule has 1 rings (SSSR count). The van der Waals surface area contributed by atoms with Crippen molar-refractivity contribution in [3.63, 3.8) is 0 Å². The highest BCUT2D eigenvalue weighted by atomic mass is 32.1. The van der Waals surface area contributed by atoms with Gasteiger partial charge < -0.3 is 15.8 Å². The van der Waals surface area contributed by atoms with Crippen LogP contribution in [0, 0.1) is 5.92 Å². The van der Waals surface area contributed by atoms with Crippen molar-refractivity contribution in [2.45, 2.75) is 33.3 Å². The van der Waals surface area contributed by atoms with E-state index in [1.54, 1.807) is 5.38 Å². The van der Waals surface area contributed by atoms with Gasteiger partial charge in [0.2, 0.25) is 0 Å². The molecule has 6 nitrogen and oxygen atoms in total. The molecule has 1 amide bonds. The maximum absolute atomic E-state index is 11.6. The monoisotopic (exact) mass is 285 g/mol. The zero-order valence-electron chi connectivity index (χ0n) is 11.3. The van der Waals surface area contributed by atoms with E-state index in [0.29, 0.717) is 11.0 Å². The number of primary amides is 1. The predicted octanol–water partition coefficient (Wildman–Crippen LogP) is 1.63. The van der Waals surface area contributed by atoms with Crippen molar-refractivity contribution < 1.29 is 14.3 Å². The number of aromatic nitrogens is 1. The first-order valence-electron chi connectivity index (χ1n) is 6.09. The Hall–Kier alpha value is -1.63. The van der Waals surface area contributed by atoms with E-state index < -0.39 is 18.0 Å². The average molecular weight is 285 g/mol. The van der Waals surface area contributed by atoms with Gasteiger partial charge in [0.05, 0.1) is 0 Å². The van der Waals surface area contributed by atoms with E-state index >= 15 is 0 Å². The molecule has 0 aliphatic heterocycles. The Bertz CT molecular complexity index is 445. The second-order valence-electron chi connectivity index (χ2n) is 4.60. The summed E-state index contributed by atoms with van der Waals surface area (Å²) in [6.07, 6.45) is 0.0736. The summed E-state index contributed by atoms with van der Waals surface area (Å²) in [4.78, 5) is 26.5. The van der Waals surface area contributed by atoms with Crippen molar-refractivity contribution in [1.29, 1.82) is 0 Å². The molecule has 0 fully saturated rings. The number of ether oxygens (including phenoxy) is 1. The quantitative estimate of drug-likeness (QED) is 0.743. The largest absolute Gasteiger partial charge is 0.448 e. The highest BCUT2D eigenvalue weighted by Crippen LogP contribution is 2.17. The Kier molecular flexibility index (Phi) is 5.75. The molecule has 7 heteroatoms. The molecule has 0 saturated heterocycles. The van der Waals surface area contributed by atoms with E-state index in [-0.39, 0.29) is 5.69 Å². The number of carbonyl (C=O) groups is 2. The van der Waals surface area contributed by atoms with Gasteiger partial charge in [-0.2, -0.15) is 0 Å². The molecule has 3 N–H and O–H groups in total. The number of amides is 1. The van der Waals surface area contributed by atoms with Crippen LogP contribution < -0.4 is 11.1 Å². The van der Waals surface area contributed by atoms with Gasteiger partial charge in [-0.3, -0.25) is 4.79 Å². The molecule has 1 heterocycles. The number of hydrogen-bond donors (Lipinski definition) is 2. The molecule has 1 atom stereocenters. The SMILES string of the molecule is CC(C)CCNc1nc(C(=O)O[C@@H](C)C(N)=O)cs1. The first kappa shape index (κ1) is 15.4. The fourth-order valence-electron chi connectivity index (χ4n) is 1.20. The van der Waals surface area contributed by atoms with Crippen LogP contribution in [-0.4, -0.2) is 29.5 Å². The molecule has 0 aromatic carbocycles. The van der Waals surface area contributed by atoms with Gasteiger partial charge in [0, 0.05) is 11.9 Å². The molecule has 1 aromatic heterocycles. The van der Waals surface area contributed by atoms with E-state index in [1.807, 2.05) is 0 Å². The Morgan fingerprint density at radius 1 is 1.47 bits per heavy atom. The Labute approximate surface area is 116 Å². The molecule has 19 heavy (non-hydrogen) atoms. The number of anilines is 1. The van der Waals surface area contributed by atoms with Gasteiger partial charge in [0.15, 0.2) is 16.9 Å². The number of hydrogen-bond acceptors (Lipinski definition) is 6. The smallest absolute Gasteiger partial charge is 0.358 e. The van der Waals surface area contributed by atoms with Crippen molar-refractivity contribution in [1.82, 2.24) is 4.98 Å². The molecule has 0 bridgehead atoms. The van der Waals surface area contributed by atoms with Crippen LogP contribution in [0.4, 0.5) is 5.13 Å². The third-order valence-electron chi connectivity index (χ3n) is 2.40. The van der Waals surface area contributed by atoms with Crippen molar-refractivity contribution in [2.24, 2.45) is 11.7 Å². The highest BCUT2D eigenvalue weighted by Gasteiger charge is 2.18. The van der Waals surface area contributed by atoms with E-state index in [0.717, 1.165) is 13.0 Å². The van der Waals surface area contributed by atoms with Gasteiger partial charge >= 0.3 is 5.97 Å². The minimum atomic E-state index is -0.952. The van der Waals surface area contributed by atoms with Gasteiger partial charge in [-0.1, -0.05) is 13.8 Å². The molecule has 1 aromatic rings. The molecule has 0 aliphatic rings. The second-order valence-corrected chi connectivity index (χ2v) is 5.46. The summed E-state index contributed by atoms with van der Waals surface area (Å²) < 4.78 is 4.86. The van der Waals surface area contributed by atoms with Crippen molar-refractivity contribution in [2.75, 3.05) is 11.9 Å². The lowest BCUT2D eigenvalue weighted by Gasteiger charge is -2.07. The van der Waals surface area contributed by atoms with Gasteiger partial charge in [-0.25, -0.2) is 9.78 Å². The fourth-order valence-corrected chi connectivity index (χ4v) is 1.90. The van der Waals surface area contributed by atoms with Crippen LogP contribution in [0.3, 0.4) is 0 Å². The van der Waals surface area contributed by atoms with Crippen LogP contribution in [0.25, 0.3) is 0 Å². The van der Waals surface area contributed by atoms with Gasteiger partial charge in [0.1, 0.15) is 0 Å². The molecule has 106 valence electrons. The number of nitrogens with zero attached hydrogens (tertiary/aromatic N) is 1. The van der Waals surface area contributed by atoms with Crippen LogP contribution in [0.2, 0.25) is 0 Å². The van der Waals surface area contributed by atoms with Crippen LogP contribution in [-0.2, 0) is 9.53 Å². The zero-order chi connectivity index (χ0) is 14.4. The molecule has 0 aliphatic carbocycles. The number of nitrogens with one attached hydrogen (secondary N) is 1. The lowest BCUT2D eigenvalue weighted by atomic mass is 10.1. The van der Waals surface area contributed by atoms with Gasteiger partial charge in [-0.05, 0) is 19.3 Å². The van der Waals surface area contributed by atoms with E-state index in [9.17, 15) is 9.59 Å². The fraction of sp³-hybridized carbons (Fsp3) is 0.583. The first-order valence-corrected chi connectivity index (χ1v) is 6.97. The van der Waals surface area contributed by atoms with Gasteiger partial charge in [-0.15, -0.1) is 11.3 Å². The Morgan fingerprint density at radius 2 is 2.16 bits per heavy atom. The highest BCUT2D eigenvalue weighted by molar-refractivity contribution is 7.13. The number of carbonyl (C=O) groups excluding carboxylic acids is 2. The summed E-state index contributed by atoms with van der Waals surface area (Å²) in [6, 6.07) is 0. The van der Waals surface area contributed by atoms with Gasteiger partial charge in [0.25, 0.3) is 5.91 Å². The second kappa shape index (κ2) is 7.08. The number of rotatable bonds is 7. The van der Waals surface area contributed by atoms with E-state index in [2.05, 4.69) is 24.1 Å². The summed E-state index contributed by atoms with van der Waals surface area (Å²) >= 11 is 1.33. The number of nitrogens with two attached hydrogens (primary N) is 1. The summed E-state index contributed by atoms with van der Waals surface area (Å²) in [5.41, 5.74) is 5.20. The molecule has 0 saturated carbocycles. The maximum atomic E-state index is 11.6. The molecule has 0 radical (unpaired) electrons. The average Bonchev–Trinajstić information content (AvgIpc) is 2.77. The molecule has 0 unspecified atom stereocenters. The standard InChI is InChI=1S/C12H19N3O3S/c1-7(2)4-5-14-12-15-9(6-19-12)11(17)18-8(3)10(13)16/h6-8H,4-5H2,1-3H3,(H2,13,16)(H,14,15)/t8-/m0/s1. The molecular formula is C12H19N3O3S. The number of esters is 1. The first-order chi connectivity index (χ1) is 8.90. The predicted molar refractivity (Wildman–Crippen MR) is 74.1 cm³/mol. The lowest BCUT2D eigenvalue weighted by molar-refractivity contribution is -0.125. The summed E-state index contributed by atoms with van der Waals surface area (Å²) in [6.45, 7) is 6.50. The van der Waals surface area contributed by atoms with E-state index in [4.69, 9.17) is 10.5 Å². The molecule has 0 spiro atoms.